The van der Waals surface area contributed by atoms with E-state index in [1.165, 1.54) is 0 Å². The fourth-order valence-corrected chi connectivity index (χ4v) is 3.52. The molecule has 1 aromatic carbocycles. The minimum Gasteiger partial charge on any atom is -0.396 e. The molecule has 2 N–H and O–H groups in total. The summed E-state index contributed by atoms with van der Waals surface area (Å²) in [5.74, 6) is 0.628. The quantitative estimate of drug-likeness (QED) is 0.722. The molecular formula is C14H22ClNO3S. The van der Waals surface area contributed by atoms with Gasteiger partial charge < -0.3 is 5.11 Å². The monoisotopic (exact) mass is 319 g/mol. The predicted octanol–water partition coefficient (Wildman–Crippen LogP) is 2.15. The summed E-state index contributed by atoms with van der Waals surface area (Å²) in [7, 11) is -3.55. The van der Waals surface area contributed by atoms with Crippen LogP contribution < -0.4 is 4.72 Å². The zero-order valence-corrected chi connectivity index (χ0v) is 13.4. The maximum atomic E-state index is 12.3. The maximum Gasteiger partial charge on any atom is 0.240 e. The van der Waals surface area contributed by atoms with Crippen LogP contribution in [0.1, 0.15) is 25.8 Å². The summed E-state index contributed by atoms with van der Waals surface area (Å²) in [6.45, 7) is 3.80. The lowest BCUT2D eigenvalue weighted by Gasteiger charge is -2.21. The highest BCUT2D eigenvalue weighted by Crippen LogP contribution is 2.15. The highest BCUT2D eigenvalue weighted by atomic mass is 35.5. The lowest BCUT2D eigenvalue weighted by Crippen LogP contribution is -2.39. The number of nitrogens with one attached hydrogen (secondary N) is 1. The second-order valence-corrected chi connectivity index (χ2v) is 7.16. The van der Waals surface area contributed by atoms with E-state index >= 15 is 0 Å². The highest BCUT2D eigenvalue weighted by Gasteiger charge is 2.21. The first-order valence-corrected chi connectivity index (χ1v) is 8.70. The van der Waals surface area contributed by atoms with Crippen LogP contribution in [0.4, 0.5) is 0 Å². The Hall–Kier alpha value is -0.620. The molecule has 0 amide bonds. The van der Waals surface area contributed by atoms with Crippen LogP contribution in [0.15, 0.2) is 29.2 Å². The molecule has 0 aliphatic heterocycles. The number of benzene rings is 1. The normalized spacial score (nSPS) is 13.7. The second kappa shape index (κ2) is 7.98. The largest absolute Gasteiger partial charge is 0.396 e. The third kappa shape index (κ3) is 5.05. The molecule has 1 atom stereocenters. The Labute approximate surface area is 126 Å². The zero-order valence-electron chi connectivity index (χ0n) is 11.8. The van der Waals surface area contributed by atoms with Crippen molar-refractivity contribution in [3.63, 3.8) is 0 Å². The topological polar surface area (TPSA) is 66.4 Å². The van der Waals surface area contributed by atoms with Gasteiger partial charge in [0, 0.05) is 18.5 Å². The fourth-order valence-electron chi connectivity index (χ4n) is 1.88. The van der Waals surface area contributed by atoms with E-state index < -0.39 is 10.0 Å². The van der Waals surface area contributed by atoms with Crippen LogP contribution in [0.2, 0.25) is 0 Å². The summed E-state index contributed by atoms with van der Waals surface area (Å²) < 4.78 is 27.2. The Bertz CT molecular complexity index is 500. The number of hydrogen-bond donors (Lipinski definition) is 2. The van der Waals surface area contributed by atoms with Crippen LogP contribution in [0.25, 0.3) is 0 Å². The van der Waals surface area contributed by atoms with Gasteiger partial charge in [0.05, 0.1) is 4.90 Å². The van der Waals surface area contributed by atoms with Gasteiger partial charge in [0.2, 0.25) is 10.0 Å². The van der Waals surface area contributed by atoms with Crippen molar-refractivity contribution >= 4 is 21.6 Å². The van der Waals surface area contributed by atoms with Gasteiger partial charge in [-0.3, -0.25) is 0 Å². The molecule has 114 valence electrons. The molecule has 0 spiro atoms. The number of aryl methyl sites for hydroxylation is 1. The molecule has 0 aliphatic carbocycles. The SMILES string of the molecule is CC(C)C(CCO)NS(=O)(=O)c1ccc(CCCl)cc1. The van der Waals surface area contributed by atoms with Crippen LogP contribution in [-0.2, 0) is 16.4 Å². The average molecular weight is 320 g/mol. The molecule has 0 bridgehead atoms. The lowest BCUT2D eigenvalue weighted by molar-refractivity contribution is 0.256. The van der Waals surface area contributed by atoms with Crippen molar-refractivity contribution < 1.29 is 13.5 Å². The molecule has 6 heteroatoms. The standard InChI is InChI=1S/C14H22ClNO3S/c1-11(2)14(8-10-17)16-20(18,19)13-5-3-12(4-6-13)7-9-15/h3-6,11,14,16-17H,7-10H2,1-2H3. The Morgan fingerprint density at radius 3 is 2.30 bits per heavy atom. The molecule has 0 heterocycles. The Kier molecular flexibility index (Phi) is 6.95. The number of alkyl halides is 1. The average Bonchev–Trinajstić information content (AvgIpc) is 2.39. The molecule has 1 rings (SSSR count). The van der Waals surface area contributed by atoms with E-state index in [0.717, 1.165) is 5.56 Å². The van der Waals surface area contributed by atoms with Crippen molar-refractivity contribution in [2.45, 2.75) is 37.6 Å². The van der Waals surface area contributed by atoms with Crippen LogP contribution >= 0.6 is 11.6 Å². The number of hydrogen-bond acceptors (Lipinski definition) is 3. The Balaban J connectivity index is 2.86. The van der Waals surface area contributed by atoms with Crippen molar-refractivity contribution in [3.05, 3.63) is 29.8 Å². The molecule has 1 aromatic rings. The van der Waals surface area contributed by atoms with Gasteiger partial charge in [0.1, 0.15) is 0 Å². The molecule has 0 saturated heterocycles. The Morgan fingerprint density at radius 2 is 1.85 bits per heavy atom. The molecule has 0 aliphatic rings. The van der Waals surface area contributed by atoms with Gasteiger partial charge in [-0.1, -0.05) is 26.0 Å². The summed E-state index contributed by atoms with van der Waals surface area (Å²) in [6.07, 6.45) is 1.12. The highest BCUT2D eigenvalue weighted by molar-refractivity contribution is 7.89. The molecule has 0 saturated carbocycles. The number of sulfonamides is 1. The minimum atomic E-state index is -3.55. The van der Waals surface area contributed by atoms with Crippen molar-refractivity contribution in [3.8, 4) is 0 Å². The van der Waals surface area contributed by atoms with Crippen molar-refractivity contribution in [1.82, 2.24) is 4.72 Å². The summed E-state index contributed by atoms with van der Waals surface area (Å²) in [6, 6.07) is 6.44. The van der Waals surface area contributed by atoms with Crippen molar-refractivity contribution in [2.75, 3.05) is 12.5 Å². The minimum absolute atomic E-state index is 0.0416. The molecule has 0 radical (unpaired) electrons. The smallest absolute Gasteiger partial charge is 0.240 e. The van der Waals surface area contributed by atoms with E-state index in [1.807, 2.05) is 13.8 Å². The van der Waals surface area contributed by atoms with Gasteiger partial charge in [-0.2, -0.15) is 0 Å². The van der Waals surface area contributed by atoms with Crippen LogP contribution in [-0.4, -0.2) is 32.1 Å². The van der Waals surface area contributed by atoms with Crippen molar-refractivity contribution in [2.24, 2.45) is 5.92 Å². The first-order chi connectivity index (χ1) is 9.40. The third-order valence-corrected chi connectivity index (χ3v) is 4.86. The van der Waals surface area contributed by atoms with Gasteiger partial charge in [0.15, 0.2) is 0 Å². The fraction of sp³-hybridized carbons (Fsp3) is 0.571. The van der Waals surface area contributed by atoms with E-state index in [1.54, 1.807) is 24.3 Å². The Morgan fingerprint density at radius 1 is 1.25 bits per heavy atom. The maximum absolute atomic E-state index is 12.3. The first kappa shape index (κ1) is 17.4. The summed E-state index contributed by atoms with van der Waals surface area (Å²) in [4.78, 5) is 0.236. The number of aliphatic hydroxyl groups excluding tert-OH is 1. The number of halogens is 1. The van der Waals surface area contributed by atoms with E-state index in [0.29, 0.717) is 18.7 Å². The van der Waals surface area contributed by atoms with Crippen LogP contribution in [0.5, 0.6) is 0 Å². The first-order valence-electron chi connectivity index (χ1n) is 6.68. The van der Waals surface area contributed by atoms with Gasteiger partial charge in [-0.25, -0.2) is 13.1 Å². The van der Waals surface area contributed by atoms with Crippen molar-refractivity contribution in [1.29, 1.82) is 0 Å². The van der Waals surface area contributed by atoms with Crippen LogP contribution in [0, 0.1) is 5.92 Å². The number of rotatable bonds is 8. The van der Waals surface area contributed by atoms with Gasteiger partial charge in [-0.15, -0.1) is 11.6 Å². The molecule has 1 unspecified atom stereocenters. The summed E-state index contributed by atoms with van der Waals surface area (Å²) in [5.41, 5.74) is 1.01. The second-order valence-electron chi connectivity index (χ2n) is 5.07. The molecular weight excluding hydrogens is 298 g/mol. The van der Waals surface area contributed by atoms with Gasteiger partial charge in [0.25, 0.3) is 0 Å². The third-order valence-electron chi connectivity index (χ3n) is 3.17. The van der Waals surface area contributed by atoms with E-state index in [4.69, 9.17) is 16.7 Å². The van der Waals surface area contributed by atoms with E-state index in [9.17, 15) is 8.42 Å². The van der Waals surface area contributed by atoms with E-state index in [-0.39, 0.29) is 23.5 Å². The van der Waals surface area contributed by atoms with Gasteiger partial charge in [-0.05, 0) is 36.5 Å². The molecule has 20 heavy (non-hydrogen) atoms. The summed E-state index contributed by atoms with van der Waals surface area (Å²) >= 11 is 5.65. The van der Waals surface area contributed by atoms with E-state index in [2.05, 4.69) is 4.72 Å². The zero-order chi connectivity index (χ0) is 15.2. The lowest BCUT2D eigenvalue weighted by atomic mass is 10.0. The molecule has 4 nitrogen and oxygen atoms in total. The number of aliphatic hydroxyl groups is 1. The molecule has 0 fully saturated rings. The van der Waals surface area contributed by atoms with Crippen LogP contribution in [0.3, 0.4) is 0 Å². The predicted molar refractivity (Wildman–Crippen MR) is 81.5 cm³/mol. The van der Waals surface area contributed by atoms with Gasteiger partial charge >= 0.3 is 0 Å². The summed E-state index contributed by atoms with van der Waals surface area (Å²) in [5, 5.41) is 9.00. The molecule has 0 aromatic heterocycles.